The second-order valence-corrected chi connectivity index (χ2v) is 2.68. The molecule has 0 saturated heterocycles. The largest absolute Gasteiger partial charge is 0.476 e. The van der Waals surface area contributed by atoms with Crippen molar-refractivity contribution < 1.29 is 9.90 Å². The minimum atomic E-state index is -1.00. The van der Waals surface area contributed by atoms with Crippen molar-refractivity contribution in [3.05, 3.63) is 9.39 Å². The molecule has 10 heavy (non-hydrogen) atoms. The molecule has 0 fully saturated rings. The summed E-state index contributed by atoms with van der Waals surface area (Å²) < 4.78 is 1.64. The molecule has 1 aromatic rings. The average molecular weight is 253 g/mol. The summed E-state index contributed by atoms with van der Waals surface area (Å²) in [6.07, 6.45) is 0. The van der Waals surface area contributed by atoms with Crippen molar-refractivity contribution >= 4 is 28.6 Å². The van der Waals surface area contributed by atoms with Crippen molar-refractivity contribution in [2.75, 3.05) is 0 Å². The van der Waals surface area contributed by atoms with Crippen LogP contribution in [0.4, 0.5) is 0 Å². The first-order valence-corrected chi connectivity index (χ1v) is 3.49. The van der Waals surface area contributed by atoms with Gasteiger partial charge in [0.1, 0.15) is 0 Å². The zero-order chi connectivity index (χ0) is 7.72. The molecule has 0 saturated carbocycles. The summed E-state index contributed by atoms with van der Waals surface area (Å²) in [5.41, 5.74) is 0.126. The lowest BCUT2D eigenvalue weighted by atomic mass is 10.5. The number of aromatic carboxylic acids is 1. The molecule has 54 valence electrons. The van der Waals surface area contributed by atoms with Crippen molar-refractivity contribution in [3.8, 4) is 0 Å². The molecule has 0 bridgehead atoms. The molecule has 1 heterocycles. The summed E-state index contributed by atoms with van der Waals surface area (Å²) in [4.78, 5) is 10.4. The number of carboxylic acids is 1. The van der Waals surface area contributed by atoms with Crippen LogP contribution in [0, 0.1) is 3.70 Å². The zero-order valence-corrected chi connectivity index (χ0v) is 7.23. The Morgan fingerprint density at radius 3 is 2.60 bits per heavy atom. The van der Waals surface area contributed by atoms with Crippen LogP contribution in [0.5, 0.6) is 0 Å². The highest BCUT2D eigenvalue weighted by Crippen LogP contribution is 2.05. The quantitative estimate of drug-likeness (QED) is 0.721. The van der Waals surface area contributed by atoms with E-state index in [4.69, 9.17) is 5.11 Å². The molecule has 1 N–H and O–H groups in total. The molecular weight excluding hydrogens is 249 g/mol. The maximum absolute atomic E-state index is 10.4. The highest BCUT2D eigenvalue weighted by molar-refractivity contribution is 14.1. The van der Waals surface area contributed by atoms with Crippen molar-refractivity contribution in [2.24, 2.45) is 7.05 Å². The van der Waals surface area contributed by atoms with Crippen LogP contribution in [0.25, 0.3) is 0 Å². The van der Waals surface area contributed by atoms with E-state index in [1.165, 1.54) is 4.68 Å². The molecule has 0 atom stereocenters. The molecule has 0 radical (unpaired) electrons. The third kappa shape index (κ3) is 1.11. The fourth-order valence-corrected chi connectivity index (χ4v) is 1.23. The number of nitrogens with zero attached hydrogens (tertiary/aromatic N) is 3. The van der Waals surface area contributed by atoms with E-state index in [9.17, 15) is 4.79 Å². The standard InChI is InChI=1S/C4H4IN3O2/c1-8-2(4(9)10)3(5)6-7-8/h1H3,(H,9,10). The number of aryl methyl sites for hydroxylation is 1. The minimum Gasteiger partial charge on any atom is -0.476 e. The molecule has 0 aliphatic heterocycles. The monoisotopic (exact) mass is 253 g/mol. The minimum absolute atomic E-state index is 0.126. The number of halogens is 1. The van der Waals surface area contributed by atoms with Gasteiger partial charge in [-0.2, -0.15) is 0 Å². The summed E-state index contributed by atoms with van der Waals surface area (Å²) in [6, 6.07) is 0. The molecule has 1 aromatic heterocycles. The van der Waals surface area contributed by atoms with Gasteiger partial charge in [0.05, 0.1) is 0 Å². The fraction of sp³-hybridized carbons (Fsp3) is 0.250. The zero-order valence-electron chi connectivity index (χ0n) is 5.08. The average Bonchev–Trinajstić information content (AvgIpc) is 2.11. The number of hydrogen-bond acceptors (Lipinski definition) is 3. The van der Waals surface area contributed by atoms with Gasteiger partial charge < -0.3 is 5.11 Å². The van der Waals surface area contributed by atoms with Crippen molar-refractivity contribution in [2.45, 2.75) is 0 Å². The highest BCUT2D eigenvalue weighted by Gasteiger charge is 2.14. The summed E-state index contributed by atoms with van der Waals surface area (Å²) in [5, 5.41) is 15.6. The van der Waals surface area contributed by atoms with Crippen LogP contribution in [0.3, 0.4) is 0 Å². The molecule has 0 unspecified atom stereocenters. The first-order valence-electron chi connectivity index (χ1n) is 2.41. The topological polar surface area (TPSA) is 68.0 Å². The summed E-state index contributed by atoms with van der Waals surface area (Å²) >= 11 is 1.82. The van der Waals surface area contributed by atoms with Gasteiger partial charge >= 0.3 is 5.97 Å². The van der Waals surface area contributed by atoms with Gasteiger partial charge in [0.15, 0.2) is 9.39 Å². The lowest BCUT2D eigenvalue weighted by Crippen LogP contribution is -2.06. The van der Waals surface area contributed by atoms with Gasteiger partial charge in [-0.25, -0.2) is 9.48 Å². The Balaban J connectivity index is 3.23. The van der Waals surface area contributed by atoms with E-state index in [0.717, 1.165) is 0 Å². The van der Waals surface area contributed by atoms with Crippen LogP contribution in [-0.4, -0.2) is 26.1 Å². The number of carboxylic acid groups (broad SMARTS) is 1. The second kappa shape index (κ2) is 2.52. The van der Waals surface area contributed by atoms with Crippen molar-refractivity contribution in [1.29, 1.82) is 0 Å². The third-order valence-corrected chi connectivity index (χ3v) is 1.71. The molecule has 0 spiro atoms. The molecule has 0 aliphatic rings. The molecule has 0 aromatic carbocycles. The maximum Gasteiger partial charge on any atom is 0.356 e. The van der Waals surface area contributed by atoms with E-state index >= 15 is 0 Å². The Bertz CT molecular complexity index is 250. The molecule has 0 aliphatic carbocycles. The number of carbonyl (C=O) groups is 1. The normalized spacial score (nSPS) is 9.80. The van der Waals surface area contributed by atoms with Gasteiger partial charge in [-0.1, -0.05) is 5.21 Å². The summed E-state index contributed by atoms with van der Waals surface area (Å²) in [7, 11) is 1.54. The number of rotatable bonds is 1. The van der Waals surface area contributed by atoms with E-state index in [-0.39, 0.29) is 5.69 Å². The lowest BCUT2D eigenvalue weighted by Gasteiger charge is -1.90. The van der Waals surface area contributed by atoms with Crippen LogP contribution in [0.1, 0.15) is 10.5 Å². The van der Waals surface area contributed by atoms with Crippen LogP contribution in [0.2, 0.25) is 0 Å². The SMILES string of the molecule is Cn1nnc(I)c1C(=O)O. The summed E-state index contributed by atoms with van der Waals surface area (Å²) in [6.45, 7) is 0. The molecular formula is C4H4IN3O2. The molecule has 5 nitrogen and oxygen atoms in total. The van der Waals surface area contributed by atoms with Gasteiger partial charge in [0.25, 0.3) is 0 Å². The van der Waals surface area contributed by atoms with Gasteiger partial charge in [0, 0.05) is 7.05 Å². The third-order valence-electron chi connectivity index (χ3n) is 0.988. The Morgan fingerprint density at radius 2 is 2.40 bits per heavy atom. The van der Waals surface area contributed by atoms with Crippen molar-refractivity contribution in [3.63, 3.8) is 0 Å². The second-order valence-electron chi connectivity index (χ2n) is 1.66. The van der Waals surface area contributed by atoms with Gasteiger partial charge in [-0.05, 0) is 22.6 Å². The lowest BCUT2D eigenvalue weighted by molar-refractivity contribution is 0.0684. The summed E-state index contributed by atoms with van der Waals surface area (Å²) in [5.74, 6) is -1.00. The molecule has 0 amide bonds. The van der Waals surface area contributed by atoms with Gasteiger partial charge in [-0.3, -0.25) is 0 Å². The Hall–Kier alpha value is -0.660. The predicted octanol–water partition coefficient (Wildman–Crippen LogP) is 0.118. The predicted molar refractivity (Wildman–Crippen MR) is 40.7 cm³/mol. The smallest absolute Gasteiger partial charge is 0.356 e. The van der Waals surface area contributed by atoms with E-state index in [0.29, 0.717) is 3.70 Å². The highest BCUT2D eigenvalue weighted by atomic mass is 127. The Kier molecular flexibility index (Phi) is 1.88. The van der Waals surface area contributed by atoms with E-state index in [1.54, 1.807) is 7.05 Å². The first kappa shape index (κ1) is 7.45. The molecule has 6 heteroatoms. The van der Waals surface area contributed by atoms with Gasteiger partial charge in [-0.15, -0.1) is 5.10 Å². The molecule has 1 rings (SSSR count). The van der Waals surface area contributed by atoms with Crippen LogP contribution in [-0.2, 0) is 7.05 Å². The Labute approximate surface area is 70.2 Å². The van der Waals surface area contributed by atoms with E-state index in [1.807, 2.05) is 22.6 Å². The number of hydrogen-bond donors (Lipinski definition) is 1. The Morgan fingerprint density at radius 1 is 1.80 bits per heavy atom. The number of aromatic nitrogens is 3. The van der Waals surface area contributed by atoms with E-state index in [2.05, 4.69) is 10.3 Å². The maximum atomic E-state index is 10.4. The van der Waals surface area contributed by atoms with Crippen molar-refractivity contribution in [1.82, 2.24) is 15.0 Å². The van der Waals surface area contributed by atoms with Crippen LogP contribution < -0.4 is 0 Å². The fourth-order valence-electron chi connectivity index (χ4n) is 0.559. The van der Waals surface area contributed by atoms with Gasteiger partial charge in [0.2, 0.25) is 0 Å². The first-order chi connectivity index (χ1) is 4.63. The van der Waals surface area contributed by atoms with E-state index < -0.39 is 5.97 Å². The van der Waals surface area contributed by atoms with Crippen LogP contribution in [0.15, 0.2) is 0 Å². The van der Waals surface area contributed by atoms with Crippen LogP contribution >= 0.6 is 22.6 Å².